The minimum Gasteiger partial charge on any atom is -0.491 e. The van der Waals surface area contributed by atoms with E-state index in [9.17, 15) is 20.1 Å². The van der Waals surface area contributed by atoms with Crippen LogP contribution < -0.4 is 10.1 Å². The van der Waals surface area contributed by atoms with Gasteiger partial charge in [0, 0.05) is 13.0 Å². The van der Waals surface area contributed by atoms with E-state index < -0.39 is 18.3 Å². The molecule has 180 valence electrons. The third-order valence-corrected chi connectivity index (χ3v) is 7.02. The molecule has 2 saturated carbocycles. The maximum absolute atomic E-state index is 11.8. The Kier molecular flexibility index (Phi) is 10.3. The molecule has 1 aromatic rings. The molecule has 0 bridgehead atoms. The maximum atomic E-state index is 11.8. The number of carbonyl (C=O) groups excluding carboxylic acids is 1. The van der Waals surface area contributed by atoms with E-state index in [4.69, 9.17) is 4.74 Å². The van der Waals surface area contributed by atoms with E-state index in [0.717, 1.165) is 50.3 Å². The summed E-state index contributed by atoms with van der Waals surface area (Å²) in [6.45, 7) is 1.07. The molecule has 32 heavy (non-hydrogen) atoms. The normalized spacial score (nSPS) is 26.1. The number of benzene rings is 1. The van der Waals surface area contributed by atoms with Crippen molar-refractivity contribution in [3.05, 3.63) is 30.3 Å². The molecule has 2 fully saturated rings. The molecule has 0 aliphatic heterocycles. The Bertz CT molecular complexity index is 665. The van der Waals surface area contributed by atoms with Crippen molar-refractivity contribution in [2.45, 2.75) is 88.9 Å². The van der Waals surface area contributed by atoms with Crippen LogP contribution in [0.2, 0.25) is 0 Å². The van der Waals surface area contributed by atoms with Crippen LogP contribution in [0.4, 0.5) is 0 Å². The molecule has 0 saturated heterocycles. The van der Waals surface area contributed by atoms with Gasteiger partial charge in [-0.25, -0.2) is 0 Å². The Balaban J connectivity index is 1.28. The lowest BCUT2D eigenvalue weighted by molar-refractivity contribution is -0.121. The van der Waals surface area contributed by atoms with Crippen molar-refractivity contribution in [3.63, 3.8) is 0 Å². The van der Waals surface area contributed by atoms with E-state index in [1.807, 2.05) is 30.3 Å². The minimum atomic E-state index is -0.591. The number of carbonyl (C=O) groups is 1. The number of unbranched alkanes of at least 4 members (excludes halogenated alkanes) is 3. The van der Waals surface area contributed by atoms with E-state index in [0.29, 0.717) is 25.7 Å². The molecule has 2 aliphatic carbocycles. The lowest BCUT2D eigenvalue weighted by atomic mass is 9.85. The fourth-order valence-electron chi connectivity index (χ4n) is 4.85. The third-order valence-electron chi connectivity index (χ3n) is 7.02. The average Bonchev–Trinajstić information content (AvgIpc) is 3.58. The van der Waals surface area contributed by atoms with Crippen molar-refractivity contribution < 1.29 is 24.9 Å². The zero-order valence-corrected chi connectivity index (χ0v) is 19.2. The van der Waals surface area contributed by atoms with Crippen LogP contribution in [0.1, 0.15) is 70.6 Å². The van der Waals surface area contributed by atoms with E-state index >= 15 is 0 Å². The van der Waals surface area contributed by atoms with Crippen molar-refractivity contribution in [2.75, 3.05) is 13.2 Å². The van der Waals surface area contributed by atoms with Crippen LogP contribution in [0, 0.1) is 17.8 Å². The molecular weight excluding hydrogens is 406 g/mol. The largest absolute Gasteiger partial charge is 0.491 e. The zero-order valence-electron chi connectivity index (χ0n) is 19.2. The van der Waals surface area contributed by atoms with Gasteiger partial charge in [0.15, 0.2) is 0 Å². The predicted octanol–water partition coefficient (Wildman–Crippen LogP) is 3.43. The standard InChI is InChI=1S/C26H41NO5/c28-20(18-32-21-8-4-3-5-9-21)14-15-23-22(24(29)16-25(23)30)10-6-1-2-7-11-26(31)27-17-19-12-13-19/h3-5,8-9,19-20,22-25,28-30H,1-2,6-7,10-18H2,(H,27,31)/t20-,22-,23-,24+,25-/m1/s1. The molecule has 4 N–H and O–H groups in total. The first-order chi connectivity index (χ1) is 15.5. The summed E-state index contributed by atoms with van der Waals surface area (Å²) >= 11 is 0. The second-order valence-corrected chi connectivity index (χ2v) is 9.75. The van der Waals surface area contributed by atoms with Crippen molar-refractivity contribution in [1.29, 1.82) is 0 Å². The van der Waals surface area contributed by atoms with Gasteiger partial charge < -0.3 is 25.4 Å². The lowest BCUT2D eigenvalue weighted by Crippen LogP contribution is -2.25. The highest BCUT2D eigenvalue weighted by Crippen LogP contribution is 2.39. The van der Waals surface area contributed by atoms with Crippen LogP contribution >= 0.6 is 0 Å². The molecule has 0 heterocycles. The Morgan fingerprint density at radius 2 is 1.69 bits per heavy atom. The number of ether oxygens (including phenoxy) is 1. The number of rotatable bonds is 15. The molecule has 0 aromatic heterocycles. The summed E-state index contributed by atoms with van der Waals surface area (Å²) in [7, 11) is 0. The number of para-hydroxylation sites is 1. The summed E-state index contributed by atoms with van der Waals surface area (Å²) in [6, 6.07) is 9.43. The quantitative estimate of drug-likeness (QED) is 0.309. The number of aliphatic hydroxyl groups excluding tert-OH is 3. The first-order valence-electron chi connectivity index (χ1n) is 12.5. The van der Waals surface area contributed by atoms with Gasteiger partial charge in [0.05, 0.1) is 18.3 Å². The van der Waals surface area contributed by atoms with Gasteiger partial charge in [0.1, 0.15) is 12.4 Å². The van der Waals surface area contributed by atoms with Crippen LogP contribution in [0.3, 0.4) is 0 Å². The molecule has 1 amide bonds. The second-order valence-electron chi connectivity index (χ2n) is 9.75. The lowest BCUT2D eigenvalue weighted by Gasteiger charge is -2.24. The predicted molar refractivity (Wildman–Crippen MR) is 124 cm³/mol. The zero-order chi connectivity index (χ0) is 22.8. The summed E-state index contributed by atoms with van der Waals surface area (Å²) in [5, 5.41) is 34.2. The van der Waals surface area contributed by atoms with E-state index in [2.05, 4.69) is 5.32 Å². The number of aliphatic hydroxyl groups is 3. The monoisotopic (exact) mass is 447 g/mol. The SMILES string of the molecule is O=C(CCCCCC[C@@H]1[C@@H](CC[C@@H](O)COc2ccccc2)[C@H](O)C[C@@H]1O)NCC1CC1. The van der Waals surface area contributed by atoms with Gasteiger partial charge >= 0.3 is 0 Å². The van der Waals surface area contributed by atoms with Crippen molar-refractivity contribution in [1.82, 2.24) is 5.32 Å². The summed E-state index contributed by atoms with van der Waals surface area (Å²) in [4.78, 5) is 11.8. The summed E-state index contributed by atoms with van der Waals surface area (Å²) in [6.07, 6.45) is 8.03. The van der Waals surface area contributed by atoms with Crippen LogP contribution in [0.5, 0.6) is 5.75 Å². The number of nitrogens with one attached hydrogen (secondary N) is 1. The molecule has 2 aliphatic rings. The highest BCUT2D eigenvalue weighted by molar-refractivity contribution is 5.75. The van der Waals surface area contributed by atoms with Gasteiger partial charge in [0.25, 0.3) is 0 Å². The number of hydrogen-bond acceptors (Lipinski definition) is 5. The van der Waals surface area contributed by atoms with Crippen molar-refractivity contribution >= 4 is 5.91 Å². The minimum absolute atomic E-state index is 0.0181. The molecule has 5 atom stereocenters. The van der Waals surface area contributed by atoms with Gasteiger partial charge in [-0.15, -0.1) is 0 Å². The molecule has 1 aromatic carbocycles. The van der Waals surface area contributed by atoms with Gasteiger partial charge in [-0.2, -0.15) is 0 Å². The third kappa shape index (κ3) is 8.72. The molecule has 0 radical (unpaired) electrons. The van der Waals surface area contributed by atoms with E-state index in [1.54, 1.807) is 0 Å². The molecule has 0 spiro atoms. The maximum Gasteiger partial charge on any atom is 0.220 e. The molecule has 3 rings (SSSR count). The van der Waals surface area contributed by atoms with E-state index in [1.165, 1.54) is 12.8 Å². The van der Waals surface area contributed by atoms with Gasteiger partial charge in [-0.05, 0) is 74.8 Å². The van der Waals surface area contributed by atoms with Gasteiger partial charge in [-0.3, -0.25) is 4.79 Å². The van der Waals surface area contributed by atoms with Gasteiger partial charge in [0.2, 0.25) is 5.91 Å². The highest BCUT2D eigenvalue weighted by atomic mass is 16.5. The summed E-state index contributed by atoms with van der Waals surface area (Å²) in [5.41, 5.74) is 0. The highest BCUT2D eigenvalue weighted by Gasteiger charge is 2.40. The second kappa shape index (κ2) is 13.2. The first kappa shape index (κ1) is 25.0. The molecule has 0 unspecified atom stereocenters. The molecule has 6 heteroatoms. The fourth-order valence-corrected chi connectivity index (χ4v) is 4.85. The number of hydrogen-bond donors (Lipinski definition) is 4. The average molecular weight is 448 g/mol. The first-order valence-corrected chi connectivity index (χ1v) is 12.5. The number of amides is 1. The van der Waals surface area contributed by atoms with Crippen LogP contribution in [-0.4, -0.2) is 52.7 Å². The molecule has 6 nitrogen and oxygen atoms in total. The fraction of sp³-hybridized carbons (Fsp3) is 0.731. The van der Waals surface area contributed by atoms with Crippen molar-refractivity contribution in [2.24, 2.45) is 17.8 Å². The van der Waals surface area contributed by atoms with Crippen molar-refractivity contribution in [3.8, 4) is 5.75 Å². The van der Waals surface area contributed by atoms with Crippen LogP contribution in [0.15, 0.2) is 30.3 Å². The summed E-state index contributed by atoms with van der Waals surface area (Å²) in [5.74, 6) is 1.72. The topological polar surface area (TPSA) is 99.0 Å². The Labute approximate surface area is 192 Å². The van der Waals surface area contributed by atoms with Gasteiger partial charge in [-0.1, -0.05) is 37.5 Å². The Hall–Kier alpha value is -1.63. The Morgan fingerprint density at radius 1 is 1.00 bits per heavy atom. The summed E-state index contributed by atoms with van der Waals surface area (Å²) < 4.78 is 5.62. The van der Waals surface area contributed by atoms with Crippen LogP contribution in [-0.2, 0) is 4.79 Å². The van der Waals surface area contributed by atoms with E-state index in [-0.39, 0.29) is 24.3 Å². The Morgan fingerprint density at radius 3 is 2.41 bits per heavy atom. The van der Waals surface area contributed by atoms with Crippen LogP contribution in [0.25, 0.3) is 0 Å². The smallest absolute Gasteiger partial charge is 0.220 e. The molecular formula is C26H41NO5.